The maximum absolute atomic E-state index is 13.0. The van der Waals surface area contributed by atoms with Crippen LogP contribution >= 0.6 is 11.6 Å². The first-order valence-electron chi connectivity index (χ1n) is 8.49. The monoisotopic (exact) mass is 373 g/mol. The molecule has 1 aliphatic heterocycles. The summed E-state index contributed by atoms with van der Waals surface area (Å²) in [5.41, 5.74) is 0.747. The lowest BCUT2D eigenvalue weighted by atomic mass is 9.86. The number of aliphatic carboxylic acids is 1. The van der Waals surface area contributed by atoms with Crippen molar-refractivity contribution in [1.82, 2.24) is 5.32 Å². The molecule has 136 valence electrons. The highest BCUT2D eigenvalue weighted by Crippen LogP contribution is 2.31. The number of ether oxygens (including phenoxy) is 1. The van der Waals surface area contributed by atoms with Gasteiger partial charge in [-0.2, -0.15) is 0 Å². The van der Waals surface area contributed by atoms with Crippen LogP contribution in [-0.2, 0) is 26.3 Å². The van der Waals surface area contributed by atoms with Crippen molar-refractivity contribution in [2.45, 2.75) is 31.4 Å². The van der Waals surface area contributed by atoms with Crippen molar-refractivity contribution < 1.29 is 19.4 Å². The van der Waals surface area contributed by atoms with Crippen molar-refractivity contribution in [3.63, 3.8) is 0 Å². The third kappa shape index (κ3) is 3.32. The molecule has 2 unspecified atom stereocenters. The largest absolute Gasteiger partial charge is 0.479 e. The standard InChI is InChI=1S/C20H20ClNO4/c1-2-20(19(24)25,14-7-9-15(21)10-8-14)22-18(23)17-16-6-4-3-5-13(16)11-12-26-17/h3-10,17H,2,11-12H2,1H3,(H,22,23)(H,24,25). The molecule has 2 aromatic rings. The molecular formula is C20H20ClNO4. The summed E-state index contributed by atoms with van der Waals surface area (Å²) in [6.45, 7) is 2.14. The van der Waals surface area contributed by atoms with E-state index >= 15 is 0 Å². The quantitative estimate of drug-likeness (QED) is 0.841. The van der Waals surface area contributed by atoms with E-state index in [0.29, 0.717) is 17.2 Å². The summed E-state index contributed by atoms with van der Waals surface area (Å²) >= 11 is 5.91. The Labute approximate surface area is 156 Å². The minimum absolute atomic E-state index is 0.185. The molecule has 0 bridgehead atoms. The minimum Gasteiger partial charge on any atom is -0.479 e. The Bertz CT molecular complexity index is 821. The number of benzene rings is 2. The van der Waals surface area contributed by atoms with Crippen LogP contribution in [0.3, 0.4) is 0 Å². The lowest BCUT2D eigenvalue weighted by Gasteiger charge is -2.33. The van der Waals surface area contributed by atoms with Gasteiger partial charge in [0.05, 0.1) is 6.61 Å². The fourth-order valence-electron chi connectivity index (χ4n) is 3.31. The van der Waals surface area contributed by atoms with Gasteiger partial charge in [0, 0.05) is 5.02 Å². The Kier molecular flexibility index (Phi) is 5.30. The Morgan fingerprint density at radius 1 is 1.23 bits per heavy atom. The first kappa shape index (κ1) is 18.4. The van der Waals surface area contributed by atoms with E-state index in [4.69, 9.17) is 16.3 Å². The summed E-state index contributed by atoms with van der Waals surface area (Å²) in [4.78, 5) is 25.1. The van der Waals surface area contributed by atoms with Crippen LogP contribution in [0.5, 0.6) is 0 Å². The van der Waals surface area contributed by atoms with Crippen molar-refractivity contribution in [2.75, 3.05) is 6.61 Å². The predicted molar refractivity (Wildman–Crippen MR) is 98.0 cm³/mol. The second kappa shape index (κ2) is 7.48. The number of carboxylic acid groups (broad SMARTS) is 1. The van der Waals surface area contributed by atoms with Gasteiger partial charge < -0.3 is 15.2 Å². The van der Waals surface area contributed by atoms with Gasteiger partial charge in [0.2, 0.25) is 0 Å². The van der Waals surface area contributed by atoms with Crippen molar-refractivity contribution >= 4 is 23.5 Å². The van der Waals surface area contributed by atoms with Crippen LogP contribution in [0.1, 0.15) is 36.1 Å². The van der Waals surface area contributed by atoms with Crippen molar-refractivity contribution in [3.05, 3.63) is 70.2 Å². The van der Waals surface area contributed by atoms with Gasteiger partial charge in [-0.05, 0) is 41.7 Å². The summed E-state index contributed by atoms with van der Waals surface area (Å²) in [6.07, 6.45) is 0.0940. The van der Waals surface area contributed by atoms with Crippen LogP contribution in [0.15, 0.2) is 48.5 Å². The number of halogens is 1. The van der Waals surface area contributed by atoms with Gasteiger partial charge in [0.25, 0.3) is 5.91 Å². The van der Waals surface area contributed by atoms with E-state index in [1.165, 1.54) is 0 Å². The lowest BCUT2D eigenvalue weighted by molar-refractivity contribution is -0.151. The molecule has 2 N–H and O–H groups in total. The first-order chi connectivity index (χ1) is 12.5. The SMILES string of the molecule is CCC(NC(=O)C1OCCc2ccccc21)(C(=O)O)c1ccc(Cl)cc1. The molecule has 0 saturated heterocycles. The maximum Gasteiger partial charge on any atom is 0.334 e. The number of amides is 1. The van der Waals surface area contributed by atoms with E-state index in [1.54, 1.807) is 31.2 Å². The zero-order valence-corrected chi connectivity index (χ0v) is 15.1. The number of carbonyl (C=O) groups excluding carboxylic acids is 1. The lowest BCUT2D eigenvalue weighted by Crippen LogP contribution is -2.53. The van der Waals surface area contributed by atoms with Gasteiger partial charge in [-0.1, -0.05) is 54.9 Å². The fourth-order valence-corrected chi connectivity index (χ4v) is 3.44. The first-order valence-corrected chi connectivity index (χ1v) is 8.86. The van der Waals surface area contributed by atoms with Gasteiger partial charge in [-0.3, -0.25) is 4.79 Å². The molecule has 0 spiro atoms. The maximum atomic E-state index is 13.0. The molecule has 5 nitrogen and oxygen atoms in total. The number of carbonyl (C=O) groups is 2. The molecule has 0 saturated carbocycles. The summed E-state index contributed by atoms with van der Waals surface area (Å²) < 4.78 is 5.67. The van der Waals surface area contributed by atoms with Crippen molar-refractivity contribution in [1.29, 1.82) is 0 Å². The van der Waals surface area contributed by atoms with E-state index in [0.717, 1.165) is 17.5 Å². The van der Waals surface area contributed by atoms with E-state index < -0.39 is 23.5 Å². The minimum atomic E-state index is -1.54. The number of rotatable bonds is 5. The van der Waals surface area contributed by atoms with E-state index in [1.807, 2.05) is 24.3 Å². The Morgan fingerprint density at radius 3 is 2.58 bits per heavy atom. The van der Waals surface area contributed by atoms with E-state index in [2.05, 4.69) is 5.32 Å². The average Bonchev–Trinajstić information content (AvgIpc) is 2.66. The normalized spacial score (nSPS) is 18.5. The molecule has 2 aromatic carbocycles. The third-order valence-corrected chi connectivity index (χ3v) is 5.05. The number of hydrogen-bond donors (Lipinski definition) is 2. The second-order valence-corrected chi connectivity index (χ2v) is 6.70. The summed E-state index contributed by atoms with van der Waals surface area (Å²) in [5.74, 6) is -1.59. The predicted octanol–water partition coefficient (Wildman–Crippen LogP) is 3.46. The zero-order valence-electron chi connectivity index (χ0n) is 14.4. The highest BCUT2D eigenvalue weighted by molar-refractivity contribution is 6.30. The molecule has 1 heterocycles. The second-order valence-electron chi connectivity index (χ2n) is 6.26. The molecule has 0 aromatic heterocycles. The molecule has 1 aliphatic rings. The fraction of sp³-hybridized carbons (Fsp3) is 0.300. The molecule has 1 amide bonds. The molecule has 3 rings (SSSR count). The highest BCUT2D eigenvalue weighted by atomic mass is 35.5. The smallest absolute Gasteiger partial charge is 0.334 e. The van der Waals surface area contributed by atoms with E-state index in [-0.39, 0.29) is 6.42 Å². The van der Waals surface area contributed by atoms with E-state index in [9.17, 15) is 14.7 Å². The number of carboxylic acids is 1. The van der Waals surface area contributed by atoms with Crippen LogP contribution in [0, 0.1) is 0 Å². The average molecular weight is 374 g/mol. The van der Waals surface area contributed by atoms with Gasteiger partial charge in [-0.25, -0.2) is 4.79 Å². The highest BCUT2D eigenvalue weighted by Gasteiger charge is 2.42. The molecule has 6 heteroatoms. The number of fused-ring (bicyclic) bond motifs is 1. The Hall–Kier alpha value is -2.37. The van der Waals surface area contributed by atoms with Crippen LogP contribution in [-0.4, -0.2) is 23.6 Å². The molecule has 0 radical (unpaired) electrons. The Morgan fingerprint density at radius 2 is 1.92 bits per heavy atom. The van der Waals surface area contributed by atoms with Gasteiger partial charge in [0.1, 0.15) is 0 Å². The number of nitrogens with one attached hydrogen (secondary N) is 1. The van der Waals surface area contributed by atoms with Crippen molar-refractivity contribution in [3.8, 4) is 0 Å². The van der Waals surface area contributed by atoms with Crippen LogP contribution in [0.4, 0.5) is 0 Å². The van der Waals surface area contributed by atoms with Crippen molar-refractivity contribution in [2.24, 2.45) is 0 Å². The molecular weight excluding hydrogens is 354 g/mol. The molecule has 0 fully saturated rings. The third-order valence-electron chi connectivity index (χ3n) is 4.80. The molecule has 0 aliphatic carbocycles. The topological polar surface area (TPSA) is 75.6 Å². The summed E-state index contributed by atoms with van der Waals surface area (Å²) in [7, 11) is 0. The summed E-state index contributed by atoms with van der Waals surface area (Å²) in [5, 5.41) is 13.1. The Balaban J connectivity index is 1.94. The zero-order chi connectivity index (χ0) is 18.7. The summed E-state index contributed by atoms with van der Waals surface area (Å²) in [6, 6.07) is 14.0. The molecule has 26 heavy (non-hydrogen) atoms. The van der Waals surface area contributed by atoms with Gasteiger partial charge in [0.15, 0.2) is 11.6 Å². The molecule has 2 atom stereocenters. The van der Waals surface area contributed by atoms with Gasteiger partial charge >= 0.3 is 5.97 Å². The van der Waals surface area contributed by atoms with Crippen LogP contribution < -0.4 is 5.32 Å². The van der Waals surface area contributed by atoms with Gasteiger partial charge in [-0.15, -0.1) is 0 Å². The van der Waals surface area contributed by atoms with Crippen LogP contribution in [0.25, 0.3) is 0 Å². The number of hydrogen-bond acceptors (Lipinski definition) is 3. The van der Waals surface area contributed by atoms with Crippen LogP contribution in [0.2, 0.25) is 5.02 Å².